The topological polar surface area (TPSA) is 84.5 Å². The molecule has 144 valence electrons. The fraction of sp³-hybridized carbons (Fsp3) is 0.550. The number of hydrogen-bond donors (Lipinski definition) is 2. The molecule has 0 aliphatic carbocycles. The van der Waals surface area contributed by atoms with Crippen LogP contribution in [-0.2, 0) is 19.1 Å². The molecule has 2 N–H and O–H groups in total. The smallest absolute Gasteiger partial charge is 0.308 e. The highest BCUT2D eigenvalue weighted by atomic mass is 16.5. The summed E-state index contributed by atoms with van der Waals surface area (Å²) in [6.45, 7) is 10.5. The summed E-state index contributed by atoms with van der Waals surface area (Å²) < 4.78 is 5.19. The van der Waals surface area contributed by atoms with Gasteiger partial charge in [0.15, 0.2) is 0 Å². The molecule has 2 atom stereocenters. The van der Waals surface area contributed by atoms with Gasteiger partial charge in [0.1, 0.15) is 6.04 Å². The van der Waals surface area contributed by atoms with E-state index in [4.69, 9.17) is 4.74 Å². The second kappa shape index (κ2) is 9.36. The molecule has 0 heterocycles. The Kier molecular flexibility index (Phi) is 7.80. The summed E-state index contributed by atoms with van der Waals surface area (Å²) in [7, 11) is 0. The van der Waals surface area contributed by atoms with Crippen LogP contribution in [0.15, 0.2) is 30.3 Å². The van der Waals surface area contributed by atoms with Crippen molar-refractivity contribution in [3.8, 4) is 0 Å². The van der Waals surface area contributed by atoms with Crippen LogP contribution in [0, 0.1) is 5.41 Å². The highest BCUT2D eigenvalue weighted by Gasteiger charge is 2.27. The number of carbonyl (C=O) groups excluding carboxylic acids is 3. The lowest BCUT2D eigenvalue weighted by molar-refractivity contribution is -0.148. The molecule has 0 radical (unpaired) electrons. The SMILES string of the molecule is CC(C)OC(=O)C[C@H](NC(=O)[C@@H](C)NC(=O)C(C)(C)C)c1ccccc1. The molecule has 1 aromatic carbocycles. The first-order valence-electron chi connectivity index (χ1n) is 8.86. The van der Waals surface area contributed by atoms with Gasteiger partial charge in [-0.05, 0) is 26.3 Å². The molecule has 0 spiro atoms. The van der Waals surface area contributed by atoms with Gasteiger partial charge in [-0.15, -0.1) is 0 Å². The van der Waals surface area contributed by atoms with Crippen LogP contribution in [0.1, 0.15) is 59.6 Å². The maximum Gasteiger partial charge on any atom is 0.308 e. The summed E-state index contributed by atoms with van der Waals surface area (Å²) in [6.07, 6.45) is -0.201. The number of benzene rings is 1. The molecule has 0 aliphatic rings. The first-order valence-corrected chi connectivity index (χ1v) is 8.86. The number of amides is 2. The molecule has 6 nitrogen and oxygen atoms in total. The molecule has 1 aromatic rings. The van der Waals surface area contributed by atoms with Crippen molar-refractivity contribution in [1.29, 1.82) is 0 Å². The second-order valence-corrected chi connectivity index (χ2v) is 7.66. The van der Waals surface area contributed by atoms with E-state index in [1.807, 2.05) is 30.3 Å². The zero-order valence-electron chi connectivity index (χ0n) is 16.5. The first kappa shape index (κ1) is 21.7. The lowest BCUT2D eigenvalue weighted by Gasteiger charge is -2.24. The summed E-state index contributed by atoms with van der Waals surface area (Å²) >= 11 is 0. The highest BCUT2D eigenvalue weighted by molar-refractivity contribution is 5.89. The number of rotatable bonds is 7. The van der Waals surface area contributed by atoms with E-state index in [1.54, 1.807) is 41.5 Å². The number of nitrogens with one attached hydrogen (secondary N) is 2. The summed E-state index contributed by atoms with van der Waals surface area (Å²) in [5.74, 6) is -0.954. The normalized spacial score (nSPS) is 13.7. The summed E-state index contributed by atoms with van der Waals surface area (Å²) in [5.41, 5.74) is 0.213. The van der Waals surface area contributed by atoms with Crippen molar-refractivity contribution in [2.75, 3.05) is 0 Å². The third-order valence-electron chi connectivity index (χ3n) is 3.68. The lowest BCUT2D eigenvalue weighted by Crippen LogP contribution is -2.49. The van der Waals surface area contributed by atoms with Gasteiger partial charge in [-0.1, -0.05) is 51.1 Å². The van der Waals surface area contributed by atoms with E-state index in [-0.39, 0.29) is 30.3 Å². The summed E-state index contributed by atoms with van der Waals surface area (Å²) in [4.78, 5) is 36.6. The fourth-order valence-electron chi connectivity index (χ4n) is 2.19. The van der Waals surface area contributed by atoms with Gasteiger partial charge in [0.2, 0.25) is 11.8 Å². The maximum absolute atomic E-state index is 12.5. The van der Waals surface area contributed by atoms with Crippen LogP contribution in [0.25, 0.3) is 0 Å². The first-order chi connectivity index (χ1) is 12.0. The van der Waals surface area contributed by atoms with Crippen LogP contribution in [0.4, 0.5) is 0 Å². The van der Waals surface area contributed by atoms with Gasteiger partial charge in [-0.3, -0.25) is 14.4 Å². The molecule has 0 saturated carbocycles. The Hall–Kier alpha value is -2.37. The summed E-state index contributed by atoms with van der Waals surface area (Å²) in [6, 6.07) is 7.98. The van der Waals surface area contributed by atoms with Gasteiger partial charge in [0, 0.05) is 5.41 Å². The van der Waals surface area contributed by atoms with Crippen molar-refractivity contribution in [3.63, 3.8) is 0 Å². The van der Waals surface area contributed by atoms with E-state index >= 15 is 0 Å². The molecule has 0 aromatic heterocycles. The third-order valence-corrected chi connectivity index (χ3v) is 3.68. The van der Waals surface area contributed by atoms with Gasteiger partial charge >= 0.3 is 5.97 Å². The molecule has 0 unspecified atom stereocenters. The van der Waals surface area contributed by atoms with E-state index in [0.29, 0.717) is 0 Å². The number of ether oxygens (including phenoxy) is 1. The number of esters is 1. The molecule has 6 heteroatoms. The third kappa shape index (κ3) is 7.25. The minimum Gasteiger partial charge on any atom is -0.463 e. The molecular weight excluding hydrogens is 332 g/mol. The number of carbonyl (C=O) groups is 3. The van der Waals surface area contributed by atoms with E-state index in [9.17, 15) is 14.4 Å². The monoisotopic (exact) mass is 362 g/mol. The Morgan fingerprint density at radius 2 is 1.58 bits per heavy atom. The maximum atomic E-state index is 12.5. The van der Waals surface area contributed by atoms with Crippen molar-refractivity contribution >= 4 is 17.8 Å². The Labute approximate surface area is 155 Å². The highest BCUT2D eigenvalue weighted by Crippen LogP contribution is 2.18. The average Bonchev–Trinajstić information content (AvgIpc) is 2.53. The molecule has 1 rings (SSSR count). The molecule has 0 fully saturated rings. The predicted molar refractivity (Wildman–Crippen MR) is 100 cm³/mol. The van der Waals surface area contributed by atoms with E-state index in [0.717, 1.165) is 5.56 Å². The summed E-state index contributed by atoms with van der Waals surface area (Å²) in [5, 5.41) is 5.53. The Morgan fingerprint density at radius 1 is 1.00 bits per heavy atom. The van der Waals surface area contributed by atoms with Crippen LogP contribution in [0.2, 0.25) is 0 Å². The van der Waals surface area contributed by atoms with Crippen LogP contribution in [0.3, 0.4) is 0 Å². The van der Waals surface area contributed by atoms with Gasteiger partial charge in [0.25, 0.3) is 0 Å². The lowest BCUT2D eigenvalue weighted by atomic mass is 9.95. The van der Waals surface area contributed by atoms with Crippen LogP contribution in [-0.4, -0.2) is 29.9 Å². The zero-order chi connectivity index (χ0) is 19.9. The molecule has 26 heavy (non-hydrogen) atoms. The van der Waals surface area contributed by atoms with E-state index < -0.39 is 17.5 Å². The van der Waals surface area contributed by atoms with E-state index in [1.165, 1.54) is 0 Å². The zero-order valence-corrected chi connectivity index (χ0v) is 16.5. The predicted octanol–water partition coefficient (Wildman–Crippen LogP) is 2.74. The van der Waals surface area contributed by atoms with E-state index in [2.05, 4.69) is 10.6 Å². The van der Waals surface area contributed by atoms with Crippen molar-refractivity contribution < 1.29 is 19.1 Å². The van der Waals surface area contributed by atoms with Gasteiger partial charge in [-0.2, -0.15) is 0 Å². The van der Waals surface area contributed by atoms with Gasteiger partial charge < -0.3 is 15.4 Å². The largest absolute Gasteiger partial charge is 0.463 e. The van der Waals surface area contributed by atoms with Crippen molar-refractivity contribution in [3.05, 3.63) is 35.9 Å². The van der Waals surface area contributed by atoms with Crippen molar-refractivity contribution in [2.45, 2.75) is 66.2 Å². The minimum absolute atomic E-state index is 0.0217. The molecular formula is C20H30N2O4. The Bertz CT molecular complexity index is 620. The number of hydrogen-bond acceptors (Lipinski definition) is 4. The van der Waals surface area contributed by atoms with Crippen molar-refractivity contribution in [1.82, 2.24) is 10.6 Å². The van der Waals surface area contributed by atoms with Gasteiger partial charge in [-0.25, -0.2) is 0 Å². The molecule has 0 saturated heterocycles. The quantitative estimate of drug-likeness (QED) is 0.731. The molecule has 2 amide bonds. The molecule has 0 bridgehead atoms. The average molecular weight is 362 g/mol. The Balaban J connectivity index is 2.83. The van der Waals surface area contributed by atoms with Crippen LogP contribution in [0.5, 0.6) is 0 Å². The van der Waals surface area contributed by atoms with Crippen LogP contribution < -0.4 is 10.6 Å². The van der Waals surface area contributed by atoms with Crippen molar-refractivity contribution in [2.24, 2.45) is 5.41 Å². The minimum atomic E-state index is -0.714. The van der Waals surface area contributed by atoms with Crippen LogP contribution >= 0.6 is 0 Å². The van der Waals surface area contributed by atoms with Gasteiger partial charge in [0.05, 0.1) is 18.6 Å². The standard InChI is InChI=1S/C20H30N2O4/c1-13(2)26-17(23)12-16(15-10-8-7-9-11-15)22-18(24)14(3)21-19(25)20(4,5)6/h7-11,13-14,16H,12H2,1-6H3,(H,21,25)(H,22,24)/t14-,16+/m1/s1. The molecule has 0 aliphatic heterocycles. The fourth-order valence-corrected chi connectivity index (χ4v) is 2.19. The Morgan fingerprint density at radius 3 is 2.08 bits per heavy atom. The second-order valence-electron chi connectivity index (χ2n) is 7.66.